The topological polar surface area (TPSA) is 160 Å². The zero-order valence-electron chi connectivity index (χ0n) is 21.5. The SMILES string of the molecule is COc1ccc(CNc2cccc(-c3nnc(C(N)=O)c4[nH]c5cc(C(C)=O)ccc5c34)c2C)c(C(=O)O)c1. The van der Waals surface area contributed by atoms with Crippen molar-refractivity contribution in [1.29, 1.82) is 0 Å². The van der Waals surface area contributed by atoms with Crippen LogP contribution in [-0.4, -0.2) is 45.1 Å². The number of carboxylic acid groups (broad SMARTS) is 1. The van der Waals surface area contributed by atoms with Crippen LogP contribution < -0.4 is 15.8 Å². The molecule has 0 unspecified atom stereocenters. The van der Waals surface area contributed by atoms with Gasteiger partial charge in [-0.3, -0.25) is 9.59 Å². The van der Waals surface area contributed by atoms with Gasteiger partial charge in [-0.25, -0.2) is 4.79 Å². The summed E-state index contributed by atoms with van der Waals surface area (Å²) < 4.78 is 5.16. The first-order valence-electron chi connectivity index (χ1n) is 12.1. The molecule has 2 aromatic heterocycles. The molecule has 0 aliphatic carbocycles. The number of H-pyrrole nitrogens is 1. The fourth-order valence-corrected chi connectivity index (χ4v) is 4.71. The molecule has 3 aromatic carbocycles. The van der Waals surface area contributed by atoms with Gasteiger partial charge in [0, 0.05) is 39.6 Å². The summed E-state index contributed by atoms with van der Waals surface area (Å²) in [5, 5.41) is 22.9. The van der Waals surface area contributed by atoms with Crippen LogP contribution in [0.2, 0.25) is 0 Å². The summed E-state index contributed by atoms with van der Waals surface area (Å²) in [6, 6.07) is 15.8. The fourth-order valence-electron chi connectivity index (χ4n) is 4.71. The van der Waals surface area contributed by atoms with Crippen molar-refractivity contribution in [2.24, 2.45) is 5.73 Å². The van der Waals surface area contributed by atoms with Crippen molar-refractivity contribution in [3.05, 3.63) is 82.5 Å². The number of anilines is 1. The molecule has 196 valence electrons. The minimum atomic E-state index is -1.05. The summed E-state index contributed by atoms with van der Waals surface area (Å²) in [7, 11) is 1.49. The molecule has 10 nitrogen and oxygen atoms in total. The highest BCUT2D eigenvalue weighted by Gasteiger charge is 2.21. The number of nitrogens with one attached hydrogen (secondary N) is 2. The quantitative estimate of drug-likeness (QED) is 0.213. The average Bonchev–Trinajstić information content (AvgIpc) is 3.30. The Labute approximate surface area is 222 Å². The molecule has 0 spiro atoms. The Morgan fingerprint density at radius 3 is 2.56 bits per heavy atom. The van der Waals surface area contributed by atoms with Gasteiger partial charge in [0.1, 0.15) is 11.4 Å². The lowest BCUT2D eigenvalue weighted by molar-refractivity contribution is 0.0695. The van der Waals surface area contributed by atoms with E-state index >= 15 is 0 Å². The Balaban J connectivity index is 1.61. The van der Waals surface area contributed by atoms with Crippen molar-refractivity contribution >= 4 is 45.2 Å². The summed E-state index contributed by atoms with van der Waals surface area (Å²) in [4.78, 5) is 39.1. The standard InChI is InChI=1S/C29H25N5O5/c1-14-19(5-4-6-22(14)31-13-17-7-9-18(39-3)12-21(17)29(37)38)25-24-20-10-8-16(15(2)35)11-23(20)32-26(24)27(28(30)36)34-33-25/h4-12,31-32H,13H2,1-3H3,(H2,30,36)(H,37,38). The Morgan fingerprint density at radius 2 is 1.87 bits per heavy atom. The number of methoxy groups -OCH3 is 1. The summed E-state index contributed by atoms with van der Waals surface area (Å²) in [6.45, 7) is 3.67. The first-order valence-corrected chi connectivity index (χ1v) is 12.1. The number of primary amides is 1. The van der Waals surface area contributed by atoms with Crippen LogP contribution >= 0.6 is 0 Å². The highest BCUT2D eigenvalue weighted by molar-refractivity contribution is 6.19. The number of carboxylic acids is 1. The number of ketones is 1. The van der Waals surface area contributed by atoms with Crippen LogP contribution in [0.1, 0.15) is 49.3 Å². The molecule has 10 heteroatoms. The summed E-state index contributed by atoms with van der Waals surface area (Å²) >= 11 is 0. The average molecular weight is 524 g/mol. The largest absolute Gasteiger partial charge is 0.497 e. The van der Waals surface area contributed by atoms with Gasteiger partial charge < -0.3 is 25.9 Å². The van der Waals surface area contributed by atoms with E-state index in [0.717, 1.165) is 22.2 Å². The zero-order valence-corrected chi connectivity index (χ0v) is 21.5. The van der Waals surface area contributed by atoms with E-state index in [2.05, 4.69) is 20.5 Å². The lowest BCUT2D eigenvalue weighted by atomic mass is 9.98. The first kappa shape index (κ1) is 25.4. The van der Waals surface area contributed by atoms with Crippen LogP contribution in [-0.2, 0) is 6.54 Å². The van der Waals surface area contributed by atoms with E-state index in [1.54, 1.807) is 24.3 Å². The number of ether oxygens (including phenoxy) is 1. The van der Waals surface area contributed by atoms with E-state index in [0.29, 0.717) is 39.0 Å². The van der Waals surface area contributed by atoms with Crippen molar-refractivity contribution in [3.63, 3.8) is 0 Å². The second-order valence-electron chi connectivity index (χ2n) is 9.11. The van der Waals surface area contributed by atoms with E-state index in [4.69, 9.17) is 10.5 Å². The molecular formula is C29H25N5O5. The zero-order chi connectivity index (χ0) is 27.8. The first-order chi connectivity index (χ1) is 18.7. The van der Waals surface area contributed by atoms with Gasteiger partial charge in [0.15, 0.2) is 11.5 Å². The second kappa shape index (κ2) is 9.90. The van der Waals surface area contributed by atoms with Crippen molar-refractivity contribution in [1.82, 2.24) is 15.2 Å². The van der Waals surface area contributed by atoms with Crippen molar-refractivity contribution in [3.8, 4) is 17.0 Å². The van der Waals surface area contributed by atoms with Gasteiger partial charge in [-0.1, -0.05) is 30.3 Å². The van der Waals surface area contributed by atoms with Crippen LogP contribution in [0, 0.1) is 6.92 Å². The maximum Gasteiger partial charge on any atom is 0.336 e. The number of aromatic carboxylic acids is 1. The van der Waals surface area contributed by atoms with Crippen LogP contribution in [0.25, 0.3) is 33.1 Å². The third-order valence-corrected chi connectivity index (χ3v) is 6.77. The molecule has 5 rings (SSSR count). The van der Waals surface area contributed by atoms with Crippen molar-refractivity contribution in [2.45, 2.75) is 20.4 Å². The van der Waals surface area contributed by atoms with Gasteiger partial charge in [-0.2, -0.15) is 0 Å². The van der Waals surface area contributed by atoms with Gasteiger partial charge in [0.05, 0.1) is 18.2 Å². The molecule has 0 aliphatic rings. The van der Waals surface area contributed by atoms with Crippen LogP contribution in [0.5, 0.6) is 5.75 Å². The van der Waals surface area contributed by atoms with E-state index in [-0.39, 0.29) is 23.6 Å². The fraction of sp³-hybridized carbons (Fsp3) is 0.138. The Morgan fingerprint density at radius 1 is 1.08 bits per heavy atom. The maximum atomic E-state index is 12.2. The molecule has 0 saturated heterocycles. The molecule has 1 amide bonds. The van der Waals surface area contributed by atoms with E-state index in [1.165, 1.54) is 20.1 Å². The second-order valence-corrected chi connectivity index (χ2v) is 9.11. The molecule has 0 saturated carbocycles. The van der Waals surface area contributed by atoms with Gasteiger partial charge in [-0.05, 0) is 49.2 Å². The number of benzene rings is 3. The summed E-state index contributed by atoms with van der Waals surface area (Å²) in [5.41, 5.74) is 10.9. The molecule has 5 aromatic rings. The van der Waals surface area contributed by atoms with Gasteiger partial charge >= 0.3 is 5.97 Å². The number of rotatable bonds is 8. The number of nitrogens with two attached hydrogens (primary N) is 1. The van der Waals surface area contributed by atoms with E-state index < -0.39 is 11.9 Å². The molecule has 5 N–H and O–H groups in total. The minimum absolute atomic E-state index is 0.00182. The minimum Gasteiger partial charge on any atom is -0.497 e. The Kier molecular flexibility index (Phi) is 6.45. The Hall–Kier alpha value is -5.25. The molecule has 39 heavy (non-hydrogen) atoms. The number of aromatic nitrogens is 3. The predicted molar refractivity (Wildman–Crippen MR) is 147 cm³/mol. The number of carbonyl (C=O) groups is 3. The number of hydrogen-bond donors (Lipinski definition) is 4. The van der Waals surface area contributed by atoms with Gasteiger partial charge in [-0.15, -0.1) is 10.2 Å². The molecule has 2 heterocycles. The number of hydrogen-bond acceptors (Lipinski definition) is 7. The number of fused-ring (bicyclic) bond motifs is 3. The number of aromatic amines is 1. The highest BCUT2D eigenvalue weighted by atomic mass is 16.5. The van der Waals surface area contributed by atoms with Gasteiger partial charge in [0.2, 0.25) is 0 Å². The lowest BCUT2D eigenvalue weighted by Gasteiger charge is -2.15. The third kappa shape index (κ3) is 4.52. The van der Waals surface area contributed by atoms with Crippen LogP contribution in [0.3, 0.4) is 0 Å². The number of amides is 1. The molecule has 0 bridgehead atoms. The molecule has 0 fully saturated rings. The third-order valence-electron chi connectivity index (χ3n) is 6.77. The van der Waals surface area contributed by atoms with Crippen LogP contribution in [0.15, 0.2) is 54.6 Å². The molecule has 0 atom stereocenters. The normalized spacial score (nSPS) is 11.1. The van der Waals surface area contributed by atoms with Crippen molar-refractivity contribution in [2.75, 3.05) is 12.4 Å². The lowest BCUT2D eigenvalue weighted by Crippen LogP contribution is -2.15. The monoisotopic (exact) mass is 523 g/mol. The van der Waals surface area contributed by atoms with Crippen molar-refractivity contribution < 1.29 is 24.2 Å². The van der Waals surface area contributed by atoms with Gasteiger partial charge in [0.25, 0.3) is 5.91 Å². The smallest absolute Gasteiger partial charge is 0.336 e. The van der Waals surface area contributed by atoms with Crippen LogP contribution in [0.4, 0.5) is 5.69 Å². The van der Waals surface area contributed by atoms with E-state index in [9.17, 15) is 19.5 Å². The number of Topliss-reactive ketones (excluding diaryl/α,β-unsaturated/α-hetero) is 1. The Bertz CT molecular complexity index is 1810. The maximum absolute atomic E-state index is 12.2. The summed E-state index contributed by atoms with van der Waals surface area (Å²) in [5.74, 6) is -1.39. The number of nitrogens with zero attached hydrogens (tertiary/aromatic N) is 2. The molecular weight excluding hydrogens is 498 g/mol. The molecule has 0 aliphatic heterocycles. The molecule has 0 radical (unpaired) electrons. The highest BCUT2D eigenvalue weighted by Crippen LogP contribution is 2.37. The number of carbonyl (C=O) groups excluding carboxylic acids is 2. The van der Waals surface area contributed by atoms with E-state index in [1.807, 2.05) is 31.2 Å². The summed E-state index contributed by atoms with van der Waals surface area (Å²) in [6.07, 6.45) is 0. The predicted octanol–water partition coefficient (Wildman–Crippen LogP) is 4.71.